The fourth-order valence-corrected chi connectivity index (χ4v) is 4.59. The molecule has 5 rings (SSSR count). The summed E-state index contributed by atoms with van der Waals surface area (Å²) < 4.78 is 0.991. The van der Waals surface area contributed by atoms with Crippen LogP contribution in [0.4, 0.5) is 5.82 Å². The van der Waals surface area contributed by atoms with Crippen LogP contribution in [0.3, 0.4) is 0 Å². The Kier molecular flexibility index (Phi) is 5.62. The minimum Gasteiger partial charge on any atom is -0.367 e. The van der Waals surface area contributed by atoms with Gasteiger partial charge in [-0.15, -0.1) is 11.3 Å². The normalized spacial score (nSPS) is 12.2. The molecule has 32 heavy (non-hydrogen) atoms. The van der Waals surface area contributed by atoms with Crippen molar-refractivity contribution in [3.63, 3.8) is 0 Å². The molecule has 5 aromatic rings. The summed E-state index contributed by atoms with van der Waals surface area (Å²) >= 11 is 1.61. The van der Waals surface area contributed by atoms with Crippen molar-refractivity contribution in [2.24, 2.45) is 5.73 Å². The number of H-pyrrole nitrogens is 1. The summed E-state index contributed by atoms with van der Waals surface area (Å²) in [6.07, 6.45) is 4.29. The molecule has 0 aliphatic rings. The summed E-state index contributed by atoms with van der Waals surface area (Å²) in [7, 11) is 0. The summed E-state index contributed by atoms with van der Waals surface area (Å²) in [6, 6.07) is 16.1. The Hall–Kier alpha value is -3.62. The number of nitrogens with zero attached hydrogens (tertiary/aromatic N) is 4. The Morgan fingerprint density at radius 3 is 2.66 bits per heavy atom. The van der Waals surface area contributed by atoms with E-state index in [-0.39, 0.29) is 6.04 Å². The average Bonchev–Trinajstić information content (AvgIpc) is 3.44. The number of thiophene rings is 1. The number of anilines is 1. The van der Waals surface area contributed by atoms with Crippen LogP contribution < -0.4 is 11.1 Å². The predicted molar refractivity (Wildman–Crippen MR) is 130 cm³/mol. The van der Waals surface area contributed by atoms with Gasteiger partial charge in [0.05, 0.1) is 15.9 Å². The molecule has 1 aromatic carbocycles. The van der Waals surface area contributed by atoms with Crippen molar-refractivity contribution in [1.29, 1.82) is 0 Å². The van der Waals surface area contributed by atoms with Crippen molar-refractivity contribution in [2.45, 2.75) is 19.4 Å². The maximum atomic E-state index is 6.42. The molecule has 1 atom stereocenters. The highest BCUT2D eigenvalue weighted by Crippen LogP contribution is 2.37. The zero-order valence-corrected chi connectivity index (χ0v) is 18.4. The summed E-state index contributed by atoms with van der Waals surface area (Å²) in [6.45, 7) is 2.59. The van der Waals surface area contributed by atoms with Crippen LogP contribution in [-0.4, -0.2) is 37.7 Å². The highest BCUT2D eigenvalue weighted by atomic mass is 32.1. The number of hydrogen-bond acceptors (Lipinski definition) is 7. The lowest BCUT2D eigenvalue weighted by Gasteiger charge is -2.14. The third-order valence-electron chi connectivity index (χ3n) is 5.21. The van der Waals surface area contributed by atoms with E-state index in [4.69, 9.17) is 15.7 Å². The number of fused-ring (bicyclic) bond motifs is 1. The van der Waals surface area contributed by atoms with Gasteiger partial charge in [0.25, 0.3) is 0 Å². The molecule has 0 aliphatic heterocycles. The third kappa shape index (κ3) is 4.23. The minimum atomic E-state index is -0.0415. The molecule has 0 saturated heterocycles. The third-order valence-corrected chi connectivity index (χ3v) is 6.18. The first-order valence-corrected chi connectivity index (χ1v) is 11.3. The average molecular weight is 442 g/mol. The summed E-state index contributed by atoms with van der Waals surface area (Å²) in [5.41, 5.74) is 12.3. The SMILES string of the molecule is Cc1cc(-c2csc3c(NC[C@@H](N)Cc4ccccc4)nc(-c4ccncc4)nc23)n[nH]1. The van der Waals surface area contributed by atoms with Crippen LogP contribution in [-0.2, 0) is 6.42 Å². The van der Waals surface area contributed by atoms with E-state index < -0.39 is 0 Å². The van der Waals surface area contributed by atoms with Crippen molar-refractivity contribution in [1.82, 2.24) is 25.1 Å². The zero-order valence-electron chi connectivity index (χ0n) is 17.6. The monoisotopic (exact) mass is 441 g/mol. The molecule has 4 N–H and O–H groups in total. The molecular formula is C24H23N7S. The molecule has 0 amide bonds. The Morgan fingerprint density at radius 1 is 1.09 bits per heavy atom. The highest BCUT2D eigenvalue weighted by Gasteiger charge is 2.18. The van der Waals surface area contributed by atoms with Gasteiger partial charge in [0.2, 0.25) is 0 Å². The molecule has 4 heterocycles. The smallest absolute Gasteiger partial charge is 0.162 e. The van der Waals surface area contributed by atoms with E-state index in [1.54, 1.807) is 23.7 Å². The first kappa shape index (κ1) is 20.3. The molecular weight excluding hydrogens is 418 g/mol. The summed E-state index contributed by atoms with van der Waals surface area (Å²) in [5.74, 6) is 1.43. The topological polar surface area (TPSA) is 105 Å². The second-order valence-electron chi connectivity index (χ2n) is 7.73. The number of aryl methyl sites for hydroxylation is 1. The van der Waals surface area contributed by atoms with Crippen LogP contribution in [0.5, 0.6) is 0 Å². The van der Waals surface area contributed by atoms with Gasteiger partial charge in [-0.3, -0.25) is 10.1 Å². The van der Waals surface area contributed by atoms with Gasteiger partial charge in [0, 0.05) is 47.2 Å². The van der Waals surface area contributed by atoms with Crippen LogP contribution in [0.1, 0.15) is 11.3 Å². The van der Waals surface area contributed by atoms with Crippen LogP contribution in [0.15, 0.2) is 66.3 Å². The fourth-order valence-electron chi connectivity index (χ4n) is 3.62. The van der Waals surface area contributed by atoms with Gasteiger partial charge in [-0.1, -0.05) is 30.3 Å². The first-order valence-electron chi connectivity index (χ1n) is 10.4. The highest BCUT2D eigenvalue weighted by molar-refractivity contribution is 7.18. The maximum absolute atomic E-state index is 6.42. The molecule has 0 spiro atoms. The lowest BCUT2D eigenvalue weighted by Crippen LogP contribution is -2.31. The molecule has 0 fully saturated rings. The second kappa shape index (κ2) is 8.86. The van der Waals surface area contributed by atoms with Gasteiger partial charge >= 0.3 is 0 Å². The van der Waals surface area contributed by atoms with E-state index >= 15 is 0 Å². The molecule has 8 heteroatoms. The number of nitrogens with one attached hydrogen (secondary N) is 2. The van der Waals surface area contributed by atoms with E-state index in [1.165, 1.54) is 5.56 Å². The Balaban J connectivity index is 1.50. The van der Waals surface area contributed by atoms with E-state index in [9.17, 15) is 0 Å². The molecule has 4 aromatic heterocycles. The Labute approximate surface area is 189 Å². The van der Waals surface area contributed by atoms with E-state index in [0.717, 1.165) is 45.0 Å². The number of nitrogens with two attached hydrogens (primary N) is 1. The van der Waals surface area contributed by atoms with Crippen LogP contribution in [0.2, 0.25) is 0 Å². The van der Waals surface area contributed by atoms with Gasteiger partial charge in [0.1, 0.15) is 5.82 Å². The lowest BCUT2D eigenvalue weighted by molar-refractivity contribution is 0.698. The molecule has 0 radical (unpaired) electrons. The van der Waals surface area contributed by atoms with Gasteiger partial charge < -0.3 is 11.1 Å². The predicted octanol–water partition coefficient (Wildman–Crippen LogP) is 4.43. The minimum absolute atomic E-state index is 0.0415. The lowest BCUT2D eigenvalue weighted by atomic mass is 10.1. The molecule has 0 aliphatic carbocycles. The van der Waals surface area contributed by atoms with Crippen molar-refractivity contribution in [2.75, 3.05) is 11.9 Å². The Morgan fingerprint density at radius 2 is 1.91 bits per heavy atom. The second-order valence-corrected chi connectivity index (χ2v) is 8.61. The molecule has 160 valence electrons. The van der Waals surface area contributed by atoms with Gasteiger partial charge in [-0.05, 0) is 37.1 Å². The van der Waals surface area contributed by atoms with Gasteiger partial charge in [-0.2, -0.15) is 5.10 Å². The van der Waals surface area contributed by atoms with Crippen molar-refractivity contribution in [3.8, 4) is 22.6 Å². The van der Waals surface area contributed by atoms with Crippen LogP contribution >= 0.6 is 11.3 Å². The molecule has 0 saturated carbocycles. The first-order chi connectivity index (χ1) is 15.7. The van der Waals surface area contributed by atoms with Crippen molar-refractivity contribution < 1.29 is 0 Å². The number of pyridine rings is 1. The van der Waals surface area contributed by atoms with Gasteiger partial charge in [-0.25, -0.2) is 9.97 Å². The molecule has 0 unspecified atom stereocenters. The maximum Gasteiger partial charge on any atom is 0.162 e. The van der Waals surface area contributed by atoms with Crippen molar-refractivity contribution >= 4 is 27.4 Å². The largest absolute Gasteiger partial charge is 0.367 e. The van der Waals surface area contributed by atoms with Crippen molar-refractivity contribution in [3.05, 3.63) is 77.6 Å². The fraction of sp³-hybridized carbons (Fsp3) is 0.167. The number of aromatic amines is 1. The van der Waals surface area contributed by atoms with E-state index in [1.807, 2.05) is 43.3 Å². The number of hydrogen-bond donors (Lipinski definition) is 3. The summed E-state index contributed by atoms with van der Waals surface area (Å²) in [5, 5.41) is 13.0. The van der Waals surface area contributed by atoms with Gasteiger partial charge in [0.15, 0.2) is 5.82 Å². The standard InChI is InChI=1S/C24H23N7S/c1-15-11-20(31-30-15)19-14-32-22-21(19)28-23(17-7-9-26-10-8-17)29-24(22)27-13-18(25)12-16-5-3-2-4-6-16/h2-11,14,18H,12-13,25H2,1H3,(H,30,31)(H,27,28,29)/t18-/m0/s1. The van der Waals surface area contributed by atoms with Crippen LogP contribution in [0.25, 0.3) is 32.9 Å². The number of benzene rings is 1. The quantitative estimate of drug-likeness (QED) is 0.345. The van der Waals surface area contributed by atoms with Crippen LogP contribution in [0, 0.1) is 6.92 Å². The summed E-state index contributed by atoms with van der Waals surface area (Å²) in [4.78, 5) is 13.8. The zero-order chi connectivity index (χ0) is 21.9. The van der Waals surface area contributed by atoms with E-state index in [0.29, 0.717) is 12.4 Å². The molecule has 7 nitrogen and oxygen atoms in total. The number of rotatable bonds is 7. The molecule has 0 bridgehead atoms. The Bertz CT molecular complexity index is 1330. The number of aromatic nitrogens is 5. The van der Waals surface area contributed by atoms with E-state index in [2.05, 4.69) is 38.0 Å².